The normalized spacial score (nSPS) is 11.7. The number of carbonyl (C=O) groups is 3. The molecule has 0 bridgehead atoms. The number of benzene rings is 2. The first-order chi connectivity index (χ1) is 12.3. The van der Waals surface area contributed by atoms with Gasteiger partial charge in [0.25, 0.3) is 5.91 Å². The lowest BCUT2D eigenvalue weighted by molar-refractivity contribution is -0.127. The minimum atomic E-state index is -1.12. The fourth-order valence-corrected chi connectivity index (χ4v) is 2.42. The van der Waals surface area contributed by atoms with Crippen LogP contribution in [-0.2, 0) is 9.53 Å². The van der Waals surface area contributed by atoms with Crippen LogP contribution in [0.15, 0.2) is 36.4 Å². The van der Waals surface area contributed by atoms with Gasteiger partial charge in [0.2, 0.25) is 0 Å². The third-order valence-electron chi connectivity index (χ3n) is 3.63. The van der Waals surface area contributed by atoms with Gasteiger partial charge in [-0.05, 0) is 38.3 Å². The van der Waals surface area contributed by atoms with Crippen LogP contribution in [0.2, 0.25) is 0 Å². The first-order valence-electron chi connectivity index (χ1n) is 8.21. The second-order valence-electron chi connectivity index (χ2n) is 6.03. The zero-order valence-electron chi connectivity index (χ0n) is 15.2. The van der Waals surface area contributed by atoms with E-state index >= 15 is 0 Å². The Morgan fingerprint density at radius 2 is 1.62 bits per heavy atom. The van der Waals surface area contributed by atoms with Crippen molar-refractivity contribution in [2.45, 2.75) is 32.9 Å². The molecule has 26 heavy (non-hydrogen) atoms. The van der Waals surface area contributed by atoms with Crippen LogP contribution < -0.4 is 15.4 Å². The maximum Gasteiger partial charge on any atom is 0.339 e. The third-order valence-corrected chi connectivity index (χ3v) is 3.63. The molecule has 138 valence electrons. The Kier molecular flexibility index (Phi) is 6.16. The Balaban J connectivity index is 2.14. The molecule has 0 aromatic heterocycles. The molecule has 2 aromatic carbocycles. The molecule has 0 saturated heterocycles. The molecular formula is C19H22N2O5. The molecule has 0 unspecified atom stereocenters. The predicted molar refractivity (Wildman–Crippen MR) is 97.2 cm³/mol. The van der Waals surface area contributed by atoms with E-state index in [-0.39, 0.29) is 6.04 Å². The fraction of sp³-hybridized carbons (Fsp3) is 0.316. The van der Waals surface area contributed by atoms with E-state index in [2.05, 4.69) is 10.6 Å². The number of rotatable bonds is 5. The molecule has 0 aliphatic rings. The molecule has 7 heteroatoms. The summed E-state index contributed by atoms with van der Waals surface area (Å²) in [4.78, 5) is 36.1. The van der Waals surface area contributed by atoms with Gasteiger partial charge in [-0.25, -0.2) is 9.59 Å². The summed E-state index contributed by atoms with van der Waals surface area (Å²) in [5.41, 5.74) is 0.313. The number of urea groups is 1. The zero-order valence-corrected chi connectivity index (χ0v) is 15.2. The van der Waals surface area contributed by atoms with Gasteiger partial charge in [-0.15, -0.1) is 0 Å². The summed E-state index contributed by atoms with van der Waals surface area (Å²) in [5, 5.41) is 6.08. The van der Waals surface area contributed by atoms with Crippen molar-refractivity contribution in [2.75, 3.05) is 7.11 Å². The minimum Gasteiger partial charge on any atom is -0.496 e. The Morgan fingerprint density at radius 1 is 0.962 bits per heavy atom. The summed E-state index contributed by atoms with van der Waals surface area (Å²) < 4.78 is 10.5. The van der Waals surface area contributed by atoms with Crippen molar-refractivity contribution in [3.63, 3.8) is 0 Å². The van der Waals surface area contributed by atoms with Crippen LogP contribution in [0.3, 0.4) is 0 Å². The summed E-state index contributed by atoms with van der Waals surface area (Å²) in [6, 6.07) is 9.73. The molecule has 0 fully saturated rings. The number of hydrogen-bond donors (Lipinski definition) is 2. The van der Waals surface area contributed by atoms with Crippen molar-refractivity contribution in [3.05, 3.63) is 42.0 Å². The lowest BCUT2D eigenvalue weighted by atomic mass is 10.0. The van der Waals surface area contributed by atoms with Crippen LogP contribution in [0.4, 0.5) is 4.79 Å². The summed E-state index contributed by atoms with van der Waals surface area (Å²) in [5.74, 6) is -0.724. The Morgan fingerprint density at radius 3 is 2.23 bits per heavy atom. The number of amides is 3. The van der Waals surface area contributed by atoms with Gasteiger partial charge in [0.1, 0.15) is 5.75 Å². The van der Waals surface area contributed by atoms with E-state index in [0.717, 1.165) is 5.39 Å². The predicted octanol–water partition coefficient (Wildman–Crippen LogP) is 2.63. The fourth-order valence-electron chi connectivity index (χ4n) is 2.42. The van der Waals surface area contributed by atoms with E-state index in [4.69, 9.17) is 9.47 Å². The maximum absolute atomic E-state index is 12.5. The number of carbonyl (C=O) groups excluding carboxylic acids is 3. The highest BCUT2D eigenvalue weighted by Crippen LogP contribution is 2.28. The second kappa shape index (κ2) is 8.33. The summed E-state index contributed by atoms with van der Waals surface area (Å²) in [6.45, 7) is 4.94. The van der Waals surface area contributed by atoms with Crippen LogP contribution in [0, 0.1) is 0 Å². The number of esters is 1. The van der Waals surface area contributed by atoms with Crippen LogP contribution in [0.5, 0.6) is 5.75 Å². The van der Waals surface area contributed by atoms with Crippen LogP contribution in [0.25, 0.3) is 10.8 Å². The highest BCUT2D eigenvalue weighted by molar-refractivity contribution is 6.07. The smallest absolute Gasteiger partial charge is 0.339 e. The summed E-state index contributed by atoms with van der Waals surface area (Å²) in [7, 11) is 1.55. The van der Waals surface area contributed by atoms with Crippen molar-refractivity contribution < 1.29 is 23.9 Å². The van der Waals surface area contributed by atoms with Gasteiger partial charge in [-0.3, -0.25) is 10.1 Å². The second-order valence-corrected chi connectivity index (χ2v) is 6.03. The average Bonchev–Trinajstić information content (AvgIpc) is 2.59. The number of ether oxygens (including phenoxy) is 2. The highest BCUT2D eigenvalue weighted by atomic mass is 16.5. The van der Waals surface area contributed by atoms with Crippen molar-refractivity contribution in [3.8, 4) is 5.75 Å². The van der Waals surface area contributed by atoms with Crippen LogP contribution in [-0.4, -0.2) is 37.2 Å². The molecule has 1 atom stereocenters. The van der Waals surface area contributed by atoms with Crippen molar-refractivity contribution in [1.82, 2.24) is 10.6 Å². The van der Waals surface area contributed by atoms with Gasteiger partial charge < -0.3 is 14.8 Å². The van der Waals surface area contributed by atoms with Crippen molar-refractivity contribution >= 4 is 28.7 Å². The van der Waals surface area contributed by atoms with E-state index in [1.165, 1.54) is 6.92 Å². The molecule has 7 nitrogen and oxygen atoms in total. The number of nitrogens with one attached hydrogen (secondary N) is 2. The molecule has 3 amide bonds. The van der Waals surface area contributed by atoms with Gasteiger partial charge in [0.05, 0.1) is 12.7 Å². The molecule has 2 aromatic rings. The topological polar surface area (TPSA) is 93.7 Å². The van der Waals surface area contributed by atoms with Crippen molar-refractivity contribution in [2.24, 2.45) is 0 Å². The number of imide groups is 1. The monoisotopic (exact) mass is 358 g/mol. The summed E-state index contributed by atoms with van der Waals surface area (Å²) in [6.07, 6.45) is -1.12. The van der Waals surface area contributed by atoms with Gasteiger partial charge in [-0.2, -0.15) is 0 Å². The lowest BCUT2D eigenvalue weighted by Gasteiger charge is -2.15. The minimum absolute atomic E-state index is 0.119. The summed E-state index contributed by atoms with van der Waals surface area (Å²) >= 11 is 0. The van der Waals surface area contributed by atoms with Crippen LogP contribution >= 0.6 is 0 Å². The Hall–Kier alpha value is -3.09. The van der Waals surface area contributed by atoms with Gasteiger partial charge in [0, 0.05) is 11.4 Å². The quantitative estimate of drug-likeness (QED) is 0.802. The first kappa shape index (κ1) is 19.2. The molecule has 0 heterocycles. The maximum atomic E-state index is 12.5. The first-order valence-corrected chi connectivity index (χ1v) is 8.21. The molecule has 2 rings (SSSR count). The van der Waals surface area contributed by atoms with Gasteiger partial charge in [-0.1, -0.05) is 24.3 Å². The number of fused-ring (bicyclic) bond motifs is 1. The lowest BCUT2D eigenvalue weighted by Crippen LogP contribution is -2.46. The zero-order chi connectivity index (χ0) is 19.3. The van der Waals surface area contributed by atoms with E-state index in [1.807, 2.05) is 12.1 Å². The van der Waals surface area contributed by atoms with E-state index in [9.17, 15) is 14.4 Å². The Labute approximate surface area is 151 Å². The van der Waals surface area contributed by atoms with Crippen LogP contribution in [0.1, 0.15) is 31.1 Å². The number of hydrogen-bond acceptors (Lipinski definition) is 5. The molecule has 2 N–H and O–H groups in total. The SMILES string of the molecule is COc1ccc(C(=O)O[C@@H](C)C(=O)NC(=O)NC(C)C)c2ccccc12. The molecule has 0 radical (unpaired) electrons. The Bertz CT molecular complexity index is 832. The largest absolute Gasteiger partial charge is 0.496 e. The highest BCUT2D eigenvalue weighted by Gasteiger charge is 2.22. The molecule has 0 spiro atoms. The molecular weight excluding hydrogens is 336 g/mol. The van der Waals surface area contributed by atoms with Gasteiger partial charge in [0.15, 0.2) is 6.10 Å². The molecule has 0 saturated carbocycles. The number of methoxy groups -OCH3 is 1. The van der Waals surface area contributed by atoms with Crippen molar-refractivity contribution in [1.29, 1.82) is 0 Å². The van der Waals surface area contributed by atoms with E-state index in [0.29, 0.717) is 16.7 Å². The average molecular weight is 358 g/mol. The molecule has 0 aliphatic heterocycles. The third kappa shape index (κ3) is 4.50. The van der Waals surface area contributed by atoms with E-state index < -0.39 is 24.0 Å². The molecule has 0 aliphatic carbocycles. The van der Waals surface area contributed by atoms with E-state index in [1.54, 1.807) is 45.2 Å². The van der Waals surface area contributed by atoms with Gasteiger partial charge >= 0.3 is 12.0 Å². The standard InChI is InChI=1S/C19H22N2O5/c1-11(2)20-19(24)21-17(22)12(3)26-18(23)15-9-10-16(25-4)14-8-6-5-7-13(14)15/h5-12H,1-4H3,(H2,20,21,22,24)/t12-/m0/s1.